The SMILES string of the molecule is Cc1ccc(CNC=C2C(=O)c3sccc3N(Cc3ccc(C)cc3)S2(=O)=O)cc1. The lowest BCUT2D eigenvalue weighted by Crippen LogP contribution is -2.38. The van der Waals surface area contributed by atoms with Crippen LogP contribution in [0.3, 0.4) is 0 Å². The van der Waals surface area contributed by atoms with Crippen molar-refractivity contribution in [3.63, 3.8) is 0 Å². The predicted molar refractivity (Wildman–Crippen MR) is 121 cm³/mol. The Balaban J connectivity index is 1.65. The molecule has 2 aromatic carbocycles. The van der Waals surface area contributed by atoms with E-state index >= 15 is 0 Å². The van der Waals surface area contributed by atoms with E-state index in [0.717, 1.165) is 22.3 Å². The molecule has 0 fully saturated rings. The number of sulfonamides is 1. The first-order chi connectivity index (χ1) is 14.4. The minimum absolute atomic E-state index is 0.176. The fraction of sp³-hybridized carbons (Fsp3) is 0.174. The maximum absolute atomic E-state index is 13.3. The van der Waals surface area contributed by atoms with Crippen molar-refractivity contribution >= 4 is 32.8 Å². The number of fused-ring (bicyclic) bond motifs is 1. The molecule has 5 nitrogen and oxygen atoms in total. The van der Waals surface area contributed by atoms with Gasteiger partial charge >= 0.3 is 0 Å². The van der Waals surface area contributed by atoms with E-state index in [-0.39, 0.29) is 11.4 Å². The zero-order valence-electron chi connectivity index (χ0n) is 16.8. The second-order valence-electron chi connectivity index (χ2n) is 7.34. The van der Waals surface area contributed by atoms with Gasteiger partial charge in [0.25, 0.3) is 10.0 Å². The summed E-state index contributed by atoms with van der Waals surface area (Å²) in [5.74, 6) is -0.462. The number of nitrogens with one attached hydrogen (secondary N) is 1. The van der Waals surface area contributed by atoms with Gasteiger partial charge in [-0.3, -0.25) is 9.10 Å². The molecular weight excluding hydrogens is 416 g/mol. The summed E-state index contributed by atoms with van der Waals surface area (Å²) >= 11 is 1.26. The normalized spacial score (nSPS) is 16.5. The Morgan fingerprint density at radius 1 is 0.933 bits per heavy atom. The molecule has 7 heteroatoms. The number of hydrogen-bond acceptors (Lipinski definition) is 5. The summed E-state index contributed by atoms with van der Waals surface area (Å²) in [7, 11) is -3.98. The molecule has 30 heavy (non-hydrogen) atoms. The van der Waals surface area contributed by atoms with Gasteiger partial charge < -0.3 is 5.32 Å². The maximum Gasteiger partial charge on any atom is 0.270 e. The first kappa shape index (κ1) is 20.4. The number of benzene rings is 2. The number of ketones is 1. The molecule has 1 N–H and O–H groups in total. The summed E-state index contributed by atoms with van der Waals surface area (Å²) in [5.41, 5.74) is 4.57. The van der Waals surface area contributed by atoms with Gasteiger partial charge in [-0.15, -0.1) is 11.3 Å². The van der Waals surface area contributed by atoms with Gasteiger partial charge in [0.05, 0.1) is 12.2 Å². The number of aryl methyl sites for hydroxylation is 2. The van der Waals surface area contributed by atoms with E-state index in [9.17, 15) is 13.2 Å². The molecule has 0 bridgehead atoms. The molecule has 154 valence electrons. The third-order valence-electron chi connectivity index (χ3n) is 5.02. The third-order valence-corrected chi connectivity index (χ3v) is 7.69. The van der Waals surface area contributed by atoms with Crippen LogP contribution in [0, 0.1) is 13.8 Å². The van der Waals surface area contributed by atoms with Crippen LogP contribution >= 0.6 is 11.3 Å². The van der Waals surface area contributed by atoms with Gasteiger partial charge in [0.2, 0.25) is 5.78 Å². The molecule has 0 atom stereocenters. The molecule has 3 aromatic rings. The fourth-order valence-electron chi connectivity index (χ4n) is 3.28. The Morgan fingerprint density at radius 3 is 2.17 bits per heavy atom. The molecule has 0 spiro atoms. The largest absolute Gasteiger partial charge is 0.386 e. The lowest BCUT2D eigenvalue weighted by molar-refractivity contribution is 0.104. The number of thiophene rings is 1. The van der Waals surface area contributed by atoms with E-state index in [1.165, 1.54) is 21.8 Å². The first-order valence-electron chi connectivity index (χ1n) is 9.56. The van der Waals surface area contributed by atoms with Crippen molar-refractivity contribution in [1.82, 2.24) is 5.32 Å². The van der Waals surface area contributed by atoms with E-state index in [1.54, 1.807) is 11.4 Å². The van der Waals surface area contributed by atoms with Crippen LogP contribution in [0.15, 0.2) is 71.1 Å². The van der Waals surface area contributed by atoms with Crippen LogP contribution in [-0.4, -0.2) is 14.2 Å². The molecule has 0 radical (unpaired) electrons. The summed E-state index contributed by atoms with van der Waals surface area (Å²) in [6, 6.07) is 17.3. The molecule has 0 saturated carbocycles. The van der Waals surface area contributed by atoms with Crippen LogP contribution in [0.5, 0.6) is 0 Å². The van der Waals surface area contributed by atoms with Gasteiger partial charge in [-0.05, 0) is 36.4 Å². The smallest absolute Gasteiger partial charge is 0.270 e. The van der Waals surface area contributed by atoms with Crippen molar-refractivity contribution in [3.05, 3.63) is 98.2 Å². The molecule has 0 unspecified atom stereocenters. The van der Waals surface area contributed by atoms with E-state index < -0.39 is 15.8 Å². The summed E-state index contributed by atoms with van der Waals surface area (Å²) in [4.78, 5) is 13.1. The molecule has 2 heterocycles. The topological polar surface area (TPSA) is 66.5 Å². The van der Waals surface area contributed by atoms with E-state index in [4.69, 9.17) is 0 Å². The van der Waals surface area contributed by atoms with Crippen molar-refractivity contribution in [1.29, 1.82) is 0 Å². The number of Topliss-reactive ketones (excluding diaryl/α,β-unsaturated/α-hetero) is 1. The monoisotopic (exact) mass is 438 g/mol. The number of carbonyl (C=O) groups excluding carboxylic acids is 1. The van der Waals surface area contributed by atoms with E-state index in [0.29, 0.717) is 17.1 Å². The van der Waals surface area contributed by atoms with Crippen molar-refractivity contribution in [3.8, 4) is 0 Å². The highest BCUT2D eigenvalue weighted by Crippen LogP contribution is 2.39. The van der Waals surface area contributed by atoms with Gasteiger partial charge in [-0.2, -0.15) is 0 Å². The molecule has 4 rings (SSSR count). The number of rotatable bonds is 5. The third kappa shape index (κ3) is 3.91. The zero-order valence-corrected chi connectivity index (χ0v) is 18.4. The van der Waals surface area contributed by atoms with Crippen molar-refractivity contribution in [2.45, 2.75) is 26.9 Å². The maximum atomic E-state index is 13.3. The van der Waals surface area contributed by atoms with Crippen LogP contribution in [0.2, 0.25) is 0 Å². The first-order valence-corrected chi connectivity index (χ1v) is 11.9. The highest BCUT2D eigenvalue weighted by atomic mass is 32.2. The molecule has 1 aromatic heterocycles. The Kier molecular flexibility index (Phi) is 5.49. The van der Waals surface area contributed by atoms with Gasteiger partial charge in [0.15, 0.2) is 4.91 Å². The predicted octanol–water partition coefficient (Wildman–Crippen LogP) is 4.53. The molecule has 1 aliphatic rings. The van der Waals surface area contributed by atoms with Crippen LogP contribution in [0.1, 0.15) is 31.9 Å². The van der Waals surface area contributed by atoms with Gasteiger partial charge in [-0.25, -0.2) is 8.42 Å². The Morgan fingerprint density at radius 2 is 1.53 bits per heavy atom. The van der Waals surface area contributed by atoms with Crippen molar-refractivity contribution in [2.24, 2.45) is 0 Å². The minimum Gasteiger partial charge on any atom is -0.386 e. The van der Waals surface area contributed by atoms with Gasteiger partial charge in [-0.1, -0.05) is 59.7 Å². The lowest BCUT2D eigenvalue weighted by Gasteiger charge is -2.29. The molecule has 1 aliphatic heterocycles. The van der Waals surface area contributed by atoms with Crippen LogP contribution in [0.4, 0.5) is 5.69 Å². The number of hydrogen-bond donors (Lipinski definition) is 1. The number of anilines is 1. The van der Waals surface area contributed by atoms with Gasteiger partial charge in [0.1, 0.15) is 4.88 Å². The highest BCUT2D eigenvalue weighted by molar-refractivity contribution is 7.97. The number of carbonyl (C=O) groups is 1. The Labute approximate surface area is 180 Å². The standard InChI is InChI=1S/C23H22N2O3S2/c1-16-3-7-18(8-4-16)13-24-14-21-22(26)23-20(11-12-29-23)25(30(21,27)28)15-19-9-5-17(2)6-10-19/h3-12,14,24H,13,15H2,1-2H3. The Hall–Kier alpha value is -2.90. The summed E-state index contributed by atoms with van der Waals surface area (Å²) < 4.78 is 28.0. The van der Waals surface area contributed by atoms with Crippen LogP contribution in [0.25, 0.3) is 0 Å². The van der Waals surface area contributed by atoms with Crippen LogP contribution < -0.4 is 9.62 Å². The highest BCUT2D eigenvalue weighted by Gasteiger charge is 2.41. The second kappa shape index (κ2) is 8.08. The number of allylic oxidation sites excluding steroid dienone is 1. The molecule has 0 saturated heterocycles. The zero-order chi connectivity index (χ0) is 21.3. The van der Waals surface area contributed by atoms with Crippen molar-refractivity contribution < 1.29 is 13.2 Å². The second-order valence-corrected chi connectivity index (χ2v) is 10.1. The average Bonchev–Trinajstić information content (AvgIpc) is 3.20. The van der Waals surface area contributed by atoms with Crippen molar-refractivity contribution in [2.75, 3.05) is 4.31 Å². The quantitative estimate of drug-likeness (QED) is 0.595. The summed E-state index contributed by atoms with van der Waals surface area (Å²) in [6.45, 7) is 4.60. The summed E-state index contributed by atoms with van der Waals surface area (Å²) in [5, 5.41) is 4.76. The molecule has 0 amide bonds. The fourth-order valence-corrected chi connectivity index (χ4v) is 5.79. The Bertz CT molecular complexity index is 1210. The van der Waals surface area contributed by atoms with Crippen LogP contribution in [-0.2, 0) is 23.1 Å². The van der Waals surface area contributed by atoms with Gasteiger partial charge in [0, 0.05) is 12.7 Å². The average molecular weight is 439 g/mol. The van der Waals surface area contributed by atoms with E-state index in [2.05, 4.69) is 5.32 Å². The number of nitrogens with zero attached hydrogens (tertiary/aromatic N) is 1. The molecular formula is C23H22N2O3S2. The van der Waals surface area contributed by atoms with E-state index in [1.807, 2.05) is 62.4 Å². The summed E-state index contributed by atoms with van der Waals surface area (Å²) in [6.07, 6.45) is 1.34. The minimum atomic E-state index is -3.98. The lowest BCUT2D eigenvalue weighted by atomic mass is 10.1. The molecule has 0 aliphatic carbocycles.